The summed E-state index contributed by atoms with van der Waals surface area (Å²) in [5, 5.41) is 2.59. The molecule has 0 aliphatic carbocycles. The van der Waals surface area contributed by atoms with Gasteiger partial charge in [-0.25, -0.2) is 0 Å². The third-order valence-corrected chi connectivity index (χ3v) is 2.73. The lowest BCUT2D eigenvalue weighted by Gasteiger charge is -2.01. The molecule has 1 unspecified atom stereocenters. The number of ketones is 1. The van der Waals surface area contributed by atoms with Gasteiger partial charge in [-0.05, 0) is 6.92 Å². The smallest absolute Gasteiger partial charge is 0.219 e. The quantitative estimate of drug-likeness (QED) is 0.656. The van der Waals surface area contributed by atoms with Crippen molar-refractivity contribution in [3.8, 4) is 0 Å². The molecule has 0 fully saturated rings. The first kappa shape index (κ1) is 12.3. The van der Waals surface area contributed by atoms with Crippen LogP contribution in [0.3, 0.4) is 0 Å². The molecule has 0 aromatic carbocycles. The Labute approximate surface area is 80.5 Å². The Morgan fingerprint density at radius 1 is 1.38 bits per heavy atom. The molecule has 13 heavy (non-hydrogen) atoms. The van der Waals surface area contributed by atoms with Crippen LogP contribution in [0.2, 0.25) is 0 Å². The molecule has 0 saturated carbocycles. The Morgan fingerprint density at radius 3 is 2.46 bits per heavy atom. The normalized spacial score (nSPS) is 12.2. The number of rotatable bonds is 6. The Kier molecular flexibility index (Phi) is 6.40. The SMILES string of the molecule is CCC(=O)NCCS(=O)CC(C)=O. The number of nitrogens with one attached hydrogen (secondary N) is 1. The third kappa shape index (κ3) is 7.64. The first-order valence-electron chi connectivity index (χ1n) is 4.17. The van der Waals surface area contributed by atoms with Crippen molar-refractivity contribution in [2.24, 2.45) is 0 Å². The topological polar surface area (TPSA) is 63.2 Å². The molecule has 1 amide bonds. The van der Waals surface area contributed by atoms with Crippen molar-refractivity contribution in [3.05, 3.63) is 0 Å². The van der Waals surface area contributed by atoms with Gasteiger partial charge in [0.25, 0.3) is 0 Å². The van der Waals surface area contributed by atoms with Gasteiger partial charge in [-0.3, -0.25) is 13.8 Å². The highest BCUT2D eigenvalue weighted by molar-refractivity contribution is 7.85. The van der Waals surface area contributed by atoms with Crippen LogP contribution in [0.15, 0.2) is 0 Å². The molecule has 0 aromatic rings. The monoisotopic (exact) mass is 205 g/mol. The van der Waals surface area contributed by atoms with Gasteiger partial charge in [0.05, 0.1) is 5.75 Å². The van der Waals surface area contributed by atoms with E-state index in [1.165, 1.54) is 6.92 Å². The van der Waals surface area contributed by atoms with Crippen molar-refractivity contribution in [2.75, 3.05) is 18.1 Å². The van der Waals surface area contributed by atoms with E-state index in [9.17, 15) is 13.8 Å². The number of hydrogen-bond donors (Lipinski definition) is 1. The summed E-state index contributed by atoms with van der Waals surface area (Å²) < 4.78 is 11.1. The fourth-order valence-corrected chi connectivity index (χ4v) is 1.66. The standard InChI is InChI=1S/C8H15NO3S/c1-3-8(11)9-4-5-13(12)6-7(2)10/h3-6H2,1-2H3,(H,9,11). The van der Waals surface area contributed by atoms with Gasteiger partial charge >= 0.3 is 0 Å². The number of amides is 1. The number of Topliss-reactive ketones (excluding diaryl/α,β-unsaturated/α-hetero) is 1. The average molecular weight is 205 g/mol. The van der Waals surface area contributed by atoms with Crippen molar-refractivity contribution in [1.82, 2.24) is 5.32 Å². The highest BCUT2D eigenvalue weighted by atomic mass is 32.2. The molecule has 1 atom stereocenters. The molecule has 0 spiro atoms. The lowest BCUT2D eigenvalue weighted by atomic mass is 10.4. The van der Waals surface area contributed by atoms with E-state index in [4.69, 9.17) is 0 Å². The Bertz CT molecular complexity index is 215. The number of carbonyl (C=O) groups excluding carboxylic acids is 2. The van der Waals surface area contributed by atoms with Crippen LogP contribution >= 0.6 is 0 Å². The van der Waals surface area contributed by atoms with E-state index in [2.05, 4.69) is 5.32 Å². The van der Waals surface area contributed by atoms with Gasteiger partial charge in [-0.2, -0.15) is 0 Å². The van der Waals surface area contributed by atoms with Crippen molar-refractivity contribution in [3.63, 3.8) is 0 Å². The summed E-state index contributed by atoms with van der Waals surface area (Å²) >= 11 is 0. The summed E-state index contributed by atoms with van der Waals surface area (Å²) in [5.74, 6) is 0.299. The molecule has 0 radical (unpaired) electrons. The van der Waals surface area contributed by atoms with Crippen LogP contribution in [0, 0.1) is 0 Å². The number of hydrogen-bond acceptors (Lipinski definition) is 3. The van der Waals surface area contributed by atoms with Crippen LogP contribution in [0.1, 0.15) is 20.3 Å². The second kappa shape index (κ2) is 6.77. The summed E-state index contributed by atoms with van der Waals surface area (Å²) in [5.41, 5.74) is 0. The van der Waals surface area contributed by atoms with Gasteiger partial charge in [0.1, 0.15) is 5.78 Å². The van der Waals surface area contributed by atoms with Crippen LogP contribution in [-0.2, 0) is 20.4 Å². The molecule has 0 saturated heterocycles. The van der Waals surface area contributed by atoms with E-state index in [0.29, 0.717) is 18.7 Å². The van der Waals surface area contributed by atoms with Gasteiger partial charge in [0, 0.05) is 29.5 Å². The van der Waals surface area contributed by atoms with Crippen molar-refractivity contribution >= 4 is 22.5 Å². The van der Waals surface area contributed by atoms with E-state index in [1.807, 2.05) is 0 Å². The first-order chi connectivity index (χ1) is 6.06. The zero-order valence-corrected chi connectivity index (χ0v) is 8.78. The minimum absolute atomic E-state index is 0.0557. The Morgan fingerprint density at radius 2 is 2.00 bits per heavy atom. The second-order valence-electron chi connectivity index (χ2n) is 2.69. The van der Waals surface area contributed by atoms with Crippen molar-refractivity contribution in [2.45, 2.75) is 20.3 Å². The molecule has 0 aliphatic heterocycles. The van der Waals surface area contributed by atoms with Crippen LogP contribution in [-0.4, -0.2) is 33.9 Å². The molecule has 0 heterocycles. The first-order valence-corrected chi connectivity index (χ1v) is 5.66. The lowest BCUT2D eigenvalue weighted by molar-refractivity contribution is -0.120. The molecule has 0 rings (SSSR count). The van der Waals surface area contributed by atoms with E-state index < -0.39 is 10.8 Å². The second-order valence-corrected chi connectivity index (χ2v) is 4.27. The van der Waals surface area contributed by atoms with Gasteiger partial charge in [0.2, 0.25) is 5.91 Å². The third-order valence-electron chi connectivity index (χ3n) is 1.34. The molecule has 4 nitrogen and oxygen atoms in total. The molecule has 5 heteroatoms. The molecule has 76 valence electrons. The van der Waals surface area contributed by atoms with E-state index in [0.717, 1.165) is 0 Å². The van der Waals surface area contributed by atoms with Gasteiger partial charge in [0.15, 0.2) is 0 Å². The molecular formula is C8H15NO3S. The maximum Gasteiger partial charge on any atom is 0.219 e. The van der Waals surface area contributed by atoms with Crippen molar-refractivity contribution < 1.29 is 13.8 Å². The Hall–Kier alpha value is -0.710. The predicted molar refractivity (Wildman–Crippen MR) is 51.9 cm³/mol. The van der Waals surface area contributed by atoms with E-state index in [-0.39, 0.29) is 17.4 Å². The van der Waals surface area contributed by atoms with Crippen LogP contribution < -0.4 is 5.32 Å². The number of carbonyl (C=O) groups is 2. The fourth-order valence-electron chi connectivity index (χ4n) is 0.728. The summed E-state index contributed by atoms with van der Waals surface area (Å²) in [6.45, 7) is 3.54. The minimum atomic E-state index is -1.13. The van der Waals surface area contributed by atoms with Crippen LogP contribution in [0.25, 0.3) is 0 Å². The highest BCUT2D eigenvalue weighted by Gasteiger charge is 2.03. The summed E-state index contributed by atoms with van der Waals surface area (Å²) in [7, 11) is -1.13. The predicted octanol–water partition coefficient (Wildman–Crippen LogP) is -0.150. The summed E-state index contributed by atoms with van der Waals surface area (Å²) in [6, 6.07) is 0. The summed E-state index contributed by atoms with van der Waals surface area (Å²) in [6.07, 6.45) is 0.430. The maximum atomic E-state index is 11.1. The average Bonchev–Trinajstić information content (AvgIpc) is 2.02. The molecule has 0 bridgehead atoms. The van der Waals surface area contributed by atoms with E-state index >= 15 is 0 Å². The molecular weight excluding hydrogens is 190 g/mol. The van der Waals surface area contributed by atoms with Crippen molar-refractivity contribution in [1.29, 1.82) is 0 Å². The maximum absolute atomic E-state index is 11.1. The molecule has 0 aliphatic rings. The lowest BCUT2D eigenvalue weighted by Crippen LogP contribution is -2.27. The van der Waals surface area contributed by atoms with Crippen LogP contribution in [0.5, 0.6) is 0 Å². The highest BCUT2D eigenvalue weighted by Crippen LogP contribution is 1.83. The zero-order valence-electron chi connectivity index (χ0n) is 7.96. The summed E-state index contributed by atoms with van der Waals surface area (Å²) in [4.78, 5) is 21.3. The minimum Gasteiger partial charge on any atom is -0.355 e. The van der Waals surface area contributed by atoms with Gasteiger partial charge < -0.3 is 5.32 Å². The van der Waals surface area contributed by atoms with Gasteiger partial charge in [-0.15, -0.1) is 0 Å². The van der Waals surface area contributed by atoms with Gasteiger partial charge in [-0.1, -0.05) is 6.92 Å². The fraction of sp³-hybridized carbons (Fsp3) is 0.750. The zero-order chi connectivity index (χ0) is 10.3. The molecule has 0 aromatic heterocycles. The van der Waals surface area contributed by atoms with Crippen LogP contribution in [0.4, 0.5) is 0 Å². The van der Waals surface area contributed by atoms with E-state index in [1.54, 1.807) is 6.92 Å². The molecule has 1 N–H and O–H groups in total. The Balaban J connectivity index is 3.48. The largest absolute Gasteiger partial charge is 0.355 e.